The van der Waals surface area contributed by atoms with Crippen molar-refractivity contribution >= 4 is 23.8 Å². The molecule has 0 aromatic heterocycles. The number of fused-ring (bicyclic) bond motifs is 1. The molecule has 2 N–H and O–H groups in total. The van der Waals surface area contributed by atoms with E-state index < -0.39 is 29.8 Å². The first-order chi connectivity index (χ1) is 8.84. The van der Waals surface area contributed by atoms with Crippen LogP contribution in [0, 0.1) is 0 Å². The van der Waals surface area contributed by atoms with Crippen LogP contribution in [0.5, 0.6) is 0 Å². The first-order valence-corrected chi connectivity index (χ1v) is 5.32. The molecule has 0 saturated carbocycles. The van der Waals surface area contributed by atoms with Crippen LogP contribution in [0.2, 0.25) is 0 Å². The number of carbonyl (C=O) groups excluding carboxylic acids is 2. The molecule has 0 aliphatic carbocycles. The number of aliphatic carboxylic acids is 1. The predicted molar refractivity (Wildman–Crippen MR) is 61.0 cm³/mol. The Morgan fingerprint density at radius 3 is 2.21 bits per heavy atom. The van der Waals surface area contributed by atoms with Gasteiger partial charge in [-0.15, -0.1) is 0 Å². The maximum absolute atomic E-state index is 12.0. The number of aromatic carboxylic acids is 1. The second-order valence-corrected chi connectivity index (χ2v) is 4.06. The summed E-state index contributed by atoms with van der Waals surface area (Å²) in [6.45, 7) is 1.21. The minimum atomic E-state index is -1.31. The zero-order valence-corrected chi connectivity index (χ0v) is 9.78. The van der Waals surface area contributed by atoms with Crippen LogP contribution >= 0.6 is 0 Å². The van der Waals surface area contributed by atoms with Gasteiger partial charge in [-0.1, -0.05) is 0 Å². The molecule has 0 saturated heterocycles. The quantitative estimate of drug-likeness (QED) is 0.766. The van der Waals surface area contributed by atoms with E-state index in [-0.39, 0.29) is 16.7 Å². The number of carbonyl (C=O) groups is 4. The van der Waals surface area contributed by atoms with Gasteiger partial charge in [0.1, 0.15) is 6.04 Å². The molecule has 98 valence electrons. The summed E-state index contributed by atoms with van der Waals surface area (Å²) >= 11 is 0. The van der Waals surface area contributed by atoms with Crippen molar-refractivity contribution in [3.63, 3.8) is 0 Å². The summed E-state index contributed by atoms with van der Waals surface area (Å²) in [5, 5.41) is 17.7. The molecule has 0 spiro atoms. The highest BCUT2D eigenvalue weighted by atomic mass is 16.4. The zero-order valence-electron chi connectivity index (χ0n) is 9.78. The molecule has 19 heavy (non-hydrogen) atoms. The minimum absolute atomic E-state index is 0.0168. The van der Waals surface area contributed by atoms with E-state index in [1.165, 1.54) is 19.1 Å². The highest BCUT2D eigenvalue weighted by Gasteiger charge is 2.41. The van der Waals surface area contributed by atoms with E-state index in [1.807, 2.05) is 0 Å². The van der Waals surface area contributed by atoms with E-state index in [9.17, 15) is 19.2 Å². The van der Waals surface area contributed by atoms with Gasteiger partial charge in [-0.3, -0.25) is 14.5 Å². The van der Waals surface area contributed by atoms with Crippen molar-refractivity contribution in [1.29, 1.82) is 0 Å². The Balaban J connectivity index is 2.50. The van der Waals surface area contributed by atoms with E-state index in [0.29, 0.717) is 4.90 Å². The molecule has 1 aromatic carbocycles. The number of hydrogen-bond donors (Lipinski definition) is 2. The summed E-state index contributed by atoms with van der Waals surface area (Å²) in [6, 6.07) is 2.18. The number of nitrogens with zero attached hydrogens (tertiary/aromatic N) is 1. The van der Waals surface area contributed by atoms with E-state index in [1.54, 1.807) is 0 Å². The summed E-state index contributed by atoms with van der Waals surface area (Å²) < 4.78 is 0. The number of carboxylic acid groups (broad SMARTS) is 2. The summed E-state index contributed by atoms with van der Waals surface area (Å²) in [7, 11) is 0. The molecular formula is C12H9NO6. The van der Waals surface area contributed by atoms with Gasteiger partial charge in [-0.25, -0.2) is 9.59 Å². The lowest BCUT2D eigenvalue weighted by molar-refractivity contribution is -0.140. The van der Waals surface area contributed by atoms with Crippen molar-refractivity contribution in [2.75, 3.05) is 0 Å². The molecule has 2 amide bonds. The summed E-state index contributed by atoms with van der Waals surface area (Å²) in [6.07, 6.45) is 0. The molecule has 0 radical (unpaired) electrons. The molecule has 1 atom stereocenters. The maximum Gasteiger partial charge on any atom is 0.335 e. The van der Waals surface area contributed by atoms with Crippen LogP contribution in [0.4, 0.5) is 0 Å². The monoisotopic (exact) mass is 263 g/mol. The largest absolute Gasteiger partial charge is 0.480 e. The number of amides is 2. The number of imide groups is 1. The van der Waals surface area contributed by atoms with Crippen LogP contribution in [-0.4, -0.2) is 44.9 Å². The molecule has 1 aliphatic rings. The molecule has 0 bridgehead atoms. The van der Waals surface area contributed by atoms with Gasteiger partial charge < -0.3 is 10.2 Å². The lowest BCUT2D eigenvalue weighted by atomic mass is 10.1. The Hall–Kier alpha value is -2.70. The number of hydrogen-bond acceptors (Lipinski definition) is 4. The Morgan fingerprint density at radius 1 is 1.11 bits per heavy atom. The molecule has 0 fully saturated rings. The third kappa shape index (κ3) is 1.85. The van der Waals surface area contributed by atoms with Crippen LogP contribution in [0.1, 0.15) is 38.0 Å². The Kier molecular flexibility index (Phi) is 2.82. The van der Waals surface area contributed by atoms with Crippen molar-refractivity contribution < 1.29 is 29.4 Å². The van der Waals surface area contributed by atoms with Gasteiger partial charge in [0.05, 0.1) is 16.7 Å². The van der Waals surface area contributed by atoms with Crippen molar-refractivity contribution in [3.8, 4) is 0 Å². The van der Waals surface area contributed by atoms with Crippen LogP contribution < -0.4 is 0 Å². The van der Waals surface area contributed by atoms with Gasteiger partial charge in [0.25, 0.3) is 11.8 Å². The second-order valence-electron chi connectivity index (χ2n) is 4.06. The molecule has 7 heteroatoms. The Labute approximate surface area is 107 Å². The highest BCUT2D eigenvalue weighted by Crippen LogP contribution is 2.25. The molecule has 1 aromatic rings. The molecule has 1 aliphatic heterocycles. The normalized spacial score (nSPS) is 15.3. The molecule has 2 rings (SSSR count). The van der Waals surface area contributed by atoms with Gasteiger partial charge in [0.15, 0.2) is 0 Å². The van der Waals surface area contributed by atoms with Crippen molar-refractivity contribution in [3.05, 3.63) is 34.9 Å². The third-order valence-electron chi connectivity index (χ3n) is 2.91. The number of carboxylic acids is 2. The molecular weight excluding hydrogens is 254 g/mol. The van der Waals surface area contributed by atoms with Crippen molar-refractivity contribution in [2.24, 2.45) is 0 Å². The lowest BCUT2D eigenvalue weighted by Crippen LogP contribution is -2.42. The van der Waals surface area contributed by atoms with E-state index in [2.05, 4.69) is 0 Å². The fourth-order valence-corrected chi connectivity index (χ4v) is 1.85. The first kappa shape index (κ1) is 12.7. The molecule has 0 unspecified atom stereocenters. The molecule has 7 nitrogen and oxygen atoms in total. The van der Waals surface area contributed by atoms with Gasteiger partial charge in [-0.05, 0) is 25.1 Å². The van der Waals surface area contributed by atoms with Gasteiger partial charge in [-0.2, -0.15) is 0 Å². The standard InChI is InChI=1S/C12H9NO6/c1-5(11(16)17)13-9(14)7-3-2-6(12(18)19)4-8(7)10(13)15/h2-5H,1H3,(H,16,17)(H,18,19)/t5-/m1/s1. The van der Waals surface area contributed by atoms with Crippen LogP contribution in [0.3, 0.4) is 0 Å². The Morgan fingerprint density at radius 2 is 1.68 bits per heavy atom. The second kappa shape index (κ2) is 4.20. The third-order valence-corrected chi connectivity index (χ3v) is 2.91. The van der Waals surface area contributed by atoms with Gasteiger partial charge in [0.2, 0.25) is 0 Å². The summed E-state index contributed by atoms with van der Waals surface area (Å²) in [5.41, 5.74) is -0.203. The molecule has 1 heterocycles. The smallest absolute Gasteiger partial charge is 0.335 e. The Bertz CT molecular complexity index is 621. The average molecular weight is 263 g/mol. The van der Waals surface area contributed by atoms with Crippen molar-refractivity contribution in [2.45, 2.75) is 13.0 Å². The predicted octanol–water partition coefficient (Wildman–Crippen LogP) is 0.454. The zero-order chi connectivity index (χ0) is 14.3. The summed E-state index contributed by atoms with van der Waals surface area (Å²) in [5.74, 6) is -4.06. The van der Waals surface area contributed by atoms with Crippen LogP contribution in [-0.2, 0) is 4.79 Å². The van der Waals surface area contributed by atoms with E-state index in [0.717, 1.165) is 6.07 Å². The average Bonchev–Trinajstić information content (AvgIpc) is 2.60. The maximum atomic E-state index is 12.0. The fraction of sp³-hybridized carbons (Fsp3) is 0.167. The number of benzene rings is 1. The lowest BCUT2D eigenvalue weighted by Gasteiger charge is -2.17. The topological polar surface area (TPSA) is 112 Å². The minimum Gasteiger partial charge on any atom is -0.480 e. The van der Waals surface area contributed by atoms with Gasteiger partial charge >= 0.3 is 11.9 Å². The SMILES string of the molecule is C[C@H](C(=O)O)N1C(=O)c2ccc(C(=O)O)cc2C1=O. The summed E-state index contributed by atoms with van der Waals surface area (Å²) in [4.78, 5) is 46.2. The highest BCUT2D eigenvalue weighted by molar-refractivity contribution is 6.23. The van der Waals surface area contributed by atoms with Gasteiger partial charge in [0, 0.05) is 0 Å². The van der Waals surface area contributed by atoms with E-state index >= 15 is 0 Å². The van der Waals surface area contributed by atoms with Crippen LogP contribution in [0.15, 0.2) is 18.2 Å². The van der Waals surface area contributed by atoms with Crippen molar-refractivity contribution in [1.82, 2.24) is 4.90 Å². The van der Waals surface area contributed by atoms with E-state index in [4.69, 9.17) is 10.2 Å². The van der Waals surface area contributed by atoms with Crippen LogP contribution in [0.25, 0.3) is 0 Å². The number of rotatable bonds is 3. The fourth-order valence-electron chi connectivity index (χ4n) is 1.85. The first-order valence-electron chi connectivity index (χ1n) is 5.32.